The summed E-state index contributed by atoms with van der Waals surface area (Å²) >= 11 is 0. The highest BCUT2D eigenvalue weighted by Crippen LogP contribution is 2.19. The van der Waals surface area contributed by atoms with Crippen LogP contribution in [0.5, 0.6) is 0 Å². The summed E-state index contributed by atoms with van der Waals surface area (Å²) in [7, 11) is 1.22. The maximum atomic E-state index is 12.1. The molecule has 29 heavy (non-hydrogen) atoms. The van der Waals surface area contributed by atoms with Crippen molar-refractivity contribution >= 4 is 34.7 Å². The van der Waals surface area contributed by atoms with Crippen LogP contribution < -0.4 is 5.32 Å². The minimum atomic E-state index is -0.958. The monoisotopic (exact) mass is 402 g/mol. The summed E-state index contributed by atoms with van der Waals surface area (Å²) in [6.45, 7) is 1.18. The third-order valence-electron chi connectivity index (χ3n) is 3.91. The van der Waals surface area contributed by atoms with Crippen LogP contribution in [0.2, 0.25) is 0 Å². The summed E-state index contributed by atoms with van der Waals surface area (Å²) in [5.41, 5.74) is 1.73. The molecule has 1 aromatic carbocycles. The Morgan fingerprint density at radius 1 is 1.10 bits per heavy atom. The molecular formula is C20H22N2O7. The van der Waals surface area contributed by atoms with Gasteiger partial charge in [0, 0.05) is 35.7 Å². The number of ether oxygens (including phenoxy) is 3. The van der Waals surface area contributed by atoms with Crippen LogP contribution in [0.4, 0.5) is 0 Å². The van der Waals surface area contributed by atoms with E-state index in [2.05, 4.69) is 15.0 Å². The number of aromatic amines is 1. The number of carbonyl (C=O) groups is 4. The van der Waals surface area contributed by atoms with Crippen LogP contribution in [0.3, 0.4) is 0 Å². The first kappa shape index (κ1) is 21.7. The van der Waals surface area contributed by atoms with Gasteiger partial charge in [-0.1, -0.05) is 18.2 Å². The number of amides is 1. The zero-order valence-corrected chi connectivity index (χ0v) is 16.1. The lowest BCUT2D eigenvalue weighted by Crippen LogP contribution is -2.44. The van der Waals surface area contributed by atoms with Gasteiger partial charge in [0.2, 0.25) is 0 Å². The number of benzene rings is 1. The van der Waals surface area contributed by atoms with Gasteiger partial charge < -0.3 is 24.5 Å². The van der Waals surface area contributed by atoms with Crippen LogP contribution in [-0.2, 0) is 39.8 Å². The normalized spacial score (nSPS) is 11.8. The fraction of sp³-hybridized carbons (Fsp3) is 0.300. The predicted molar refractivity (Wildman–Crippen MR) is 103 cm³/mol. The Hall–Kier alpha value is -3.62. The summed E-state index contributed by atoms with van der Waals surface area (Å²) in [5, 5.41) is 3.41. The average molecular weight is 402 g/mol. The van der Waals surface area contributed by atoms with Crippen LogP contribution in [0.25, 0.3) is 10.9 Å². The van der Waals surface area contributed by atoms with E-state index >= 15 is 0 Å². The molecule has 0 fully saturated rings. The molecule has 154 valence electrons. The largest absolute Gasteiger partial charge is 0.467 e. The molecule has 0 saturated heterocycles. The van der Waals surface area contributed by atoms with Crippen molar-refractivity contribution in [3.63, 3.8) is 0 Å². The molecule has 0 radical (unpaired) electrons. The maximum Gasteiger partial charge on any atom is 0.331 e. The highest BCUT2D eigenvalue weighted by Gasteiger charge is 2.23. The van der Waals surface area contributed by atoms with Gasteiger partial charge >= 0.3 is 17.9 Å². The van der Waals surface area contributed by atoms with E-state index in [1.54, 1.807) is 13.1 Å². The molecule has 1 aromatic heterocycles. The quantitative estimate of drug-likeness (QED) is 0.365. The molecule has 1 atom stereocenters. The van der Waals surface area contributed by atoms with Crippen LogP contribution in [-0.4, -0.2) is 55.2 Å². The maximum absolute atomic E-state index is 12.1. The standard InChI is InChI=1S/C20H22N2O7/c1-3-28-18(24)8-9-19(25)29-12-17(23)22-16(20(26)27-2)10-13-11-21-15-7-5-4-6-14(13)15/h4-9,11,16,21H,3,10,12H2,1-2H3,(H,22,23)/b9-8+/t16-/m0/s1. The van der Waals surface area contributed by atoms with Crippen molar-refractivity contribution in [2.45, 2.75) is 19.4 Å². The number of fused-ring (bicyclic) bond motifs is 1. The number of methoxy groups -OCH3 is 1. The minimum Gasteiger partial charge on any atom is -0.467 e. The number of nitrogens with one attached hydrogen (secondary N) is 2. The summed E-state index contributed by atoms with van der Waals surface area (Å²) in [6, 6.07) is 6.59. The first-order valence-electron chi connectivity index (χ1n) is 8.88. The van der Waals surface area contributed by atoms with Crippen LogP contribution in [0, 0.1) is 0 Å². The number of hydrogen-bond acceptors (Lipinski definition) is 7. The Morgan fingerprint density at radius 2 is 1.79 bits per heavy atom. The van der Waals surface area contributed by atoms with E-state index in [0.29, 0.717) is 0 Å². The highest BCUT2D eigenvalue weighted by molar-refractivity contribution is 5.93. The topological polar surface area (TPSA) is 124 Å². The van der Waals surface area contributed by atoms with E-state index < -0.39 is 36.5 Å². The SMILES string of the molecule is CCOC(=O)/C=C/C(=O)OCC(=O)N[C@@H](Cc1c[nH]c2ccccc12)C(=O)OC. The smallest absolute Gasteiger partial charge is 0.331 e. The molecule has 2 N–H and O–H groups in total. The Balaban J connectivity index is 1.94. The number of aromatic nitrogens is 1. The molecule has 9 heteroatoms. The van der Waals surface area contributed by atoms with E-state index in [9.17, 15) is 19.2 Å². The van der Waals surface area contributed by atoms with Gasteiger partial charge in [0.05, 0.1) is 13.7 Å². The molecule has 0 aliphatic heterocycles. The first-order valence-corrected chi connectivity index (χ1v) is 8.88. The number of esters is 3. The van der Waals surface area contributed by atoms with E-state index in [4.69, 9.17) is 9.47 Å². The van der Waals surface area contributed by atoms with Gasteiger partial charge in [-0.05, 0) is 18.6 Å². The zero-order valence-electron chi connectivity index (χ0n) is 16.1. The summed E-state index contributed by atoms with van der Waals surface area (Å²) in [5.74, 6) is -2.90. The molecule has 1 amide bonds. The lowest BCUT2D eigenvalue weighted by atomic mass is 10.0. The molecule has 0 aliphatic carbocycles. The highest BCUT2D eigenvalue weighted by atomic mass is 16.5. The van der Waals surface area contributed by atoms with Gasteiger partial charge in [-0.3, -0.25) is 4.79 Å². The van der Waals surface area contributed by atoms with Crippen LogP contribution in [0.1, 0.15) is 12.5 Å². The van der Waals surface area contributed by atoms with Crippen LogP contribution >= 0.6 is 0 Å². The van der Waals surface area contributed by atoms with Crippen molar-refractivity contribution in [1.82, 2.24) is 10.3 Å². The molecule has 0 aliphatic rings. The summed E-state index contributed by atoms with van der Waals surface area (Å²) in [6.07, 6.45) is 3.71. The van der Waals surface area contributed by atoms with Gasteiger partial charge in [0.1, 0.15) is 6.04 Å². The molecule has 2 aromatic rings. The first-order chi connectivity index (χ1) is 13.9. The third kappa shape index (κ3) is 6.49. The lowest BCUT2D eigenvalue weighted by Gasteiger charge is -2.16. The van der Waals surface area contributed by atoms with Crippen LogP contribution in [0.15, 0.2) is 42.6 Å². The van der Waals surface area contributed by atoms with Crippen molar-refractivity contribution in [1.29, 1.82) is 0 Å². The fourth-order valence-electron chi connectivity index (χ4n) is 2.60. The second kappa shape index (κ2) is 10.6. The van der Waals surface area contributed by atoms with Crippen molar-refractivity contribution in [3.05, 3.63) is 48.2 Å². The molecule has 9 nitrogen and oxygen atoms in total. The number of rotatable bonds is 9. The number of hydrogen-bond donors (Lipinski definition) is 2. The van der Waals surface area contributed by atoms with Gasteiger partial charge in [0.15, 0.2) is 6.61 Å². The third-order valence-corrected chi connectivity index (χ3v) is 3.91. The van der Waals surface area contributed by atoms with Crippen molar-refractivity contribution < 1.29 is 33.4 Å². The Bertz CT molecular complexity index is 916. The molecule has 0 bridgehead atoms. The molecule has 0 saturated carbocycles. The average Bonchev–Trinajstić information content (AvgIpc) is 3.13. The van der Waals surface area contributed by atoms with E-state index in [0.717, 1.165) is 28.6 Å². The zero-order chi connectivity index (χ0) is 21.2. The Labute approximate surface area is 167 Å². The van der Waals surface area contributed by atoms with Gasteiger partial charge in [-0.2, -0.15) is 0 Å². The molecule has 0 spiro atoms. The van der Waals surface area contributed by atoms with E-state index in [-0.39, 0.29) is 13.0 Å². The lowest BCUT2D eigenvalue weighted by molar-refractivity contribution is -0.148. The second-order valence-corrected chi connectivity index (χ2v) is 5.90. The van der Waals surface area contributed by atoms with Gasteiger partial charge in [0.25, 0.3) is 5.91 Å². The van der Waals surface area contributed by atoms with E-state index in [1.165, 1.54) is 7.11 Å². The number of H-pyrrole nitrogens is 1. The van der Waals surface area contributed by atoms with Crippen molar-refractivity contribution in [2.24, 2.45) is 0 Å². The molecular weight excluding hydrogens is 380 g/mol. The molecule has 1 heterocycles. The minimum absolute atomic E-state index is 0.173. The number of carbonyl (C=O) groups excluding carboxylic acids is 4. The van der Waals surface area contributed by atoms with Gasteiger partial charge in [-0.25, -0.2) is 14.4 Å². The Morgan fingerprint density at radius 3 is 2.48 bits per heavy atom. The van der Waals surface area contributed by atoms with Crippen molar-refractivity contribution in [3.8, 4) is 0 Å². The predicted octanol–water partition coefficient (Wildman–Crippen LogP) is 1.03. The van der Waals surface area contributed by atoms with E-state index in [1.807, 2.05) is 24.3 Å². The van der Waals surface area contributed by atoms with Crippen molar-refractivity contribution in [2.75, 3.05) is 20.3 Å². The summed E-state index contributed by atoms with van der Waals surface area (Å²) < 4.78 is 14.1. The Kier molecular flexibility index (Phi) is 7.96. The number of para-hydroxylation sites is 1. The fourth-order valence-corrected chi connectivity index (χ4v) is 2.60. The molecule has 0 unspecified atom stereocenters. The summed E-state index contributed by atoms with van der Waals surface area (Å²) in [4.78, 5) is 49.9. The van der Waals surface area contributed by atoms with Gasteiger partial charge in [-0.15, -0.1) is 0 Å². The second-order valence-electron chi connectivity index (χ2n) is 5.90. The molecule has 2 rings (SSSR count).